The van der Waals surface area contributed by atoms with Crippen molar-refractivity contribution in [1.82, 2.24) is 0 Å². The maximum Gasteiger partial charge on any atom is 0.305 e. The molecule has 0 aromatic rings. The fraction of sp³-hybridized carbons (Fsp3) is 0.767. The minimum atomic E-state index is -1.04. The zero-order chi connectivity index (χ0) is 36.0. The highest BCUT2D eigenvalue weighted by atomic mass is 16.6. The second-order valence-corrected chi connectivity index (χ2v) is 14.1. The molecule has 0 heterocycles. The zero-order valence-electron chi connectivity index (χ0n) is 32.0. The summed E-state index contributed by atoms with van der Waals surface area (Å²) in [5.41, 5.74) is 0. The van der Waals surface area contributed by atoms with Crippen LogP contribution >= 0.6 is 0 Å². The number of esters is 2. The SMILES string of the molecule is CCCCC/C=C\C/C=C\C/C=C\C=C\[C@@H](O)CCCC(=O)OC[C@H](O)COC(=O)CCCCCCCCCCCCCCCCC(C)C. The molecule has 6 heteroatoms. The van der Waals surface area contributed by atoms with Crippen molar-refractivity contribution in [1.29, 1.82) is 0 Å². The fourth-order valence-electron chi connectivity index (χ4n) is 5.49. The van der Waals surface area contributed by atoms with E-state index in [4.69, 9.17) is 9.47 Å². The van der Waals surface area contributed by atoms with Crippen LogP contribution in [0.5, 0.6) is 0 Å². The van der Waals surface area contributed by atoms with Crippen molar-refractivity contribution in [2.24, 2.45) is 5.92 Å². The molecular weight excluding hydrogens is 612 g/mol. The maximum absolute atomic E-state index is 12.0. The van der Waals surface area contributed by atoms with Gasteiger partial charge in [0.2, 0.25) is 0 Å². The van der Waals surface area contributed by atoms with Crippen LogP contribution < -0.4 is 0 Å². The van der Waals surface area contributed by atoms with Gasteiger partial charge in [-0.25, -0.2) is 0 Å². The quantitative estimate of drug-likeness (QED) is 0.0298. The molecule has 0 aliphatic rings. The van der Waals surface area contributed by atoms with Gasteiger partial charge < -0.3 is 19.7 Å². The van der Waals surface area contributed by atoms with Crippen molar-refractivity contribution in [3.63, 3.8) is 0 Å². The number of aliphatic hydroxyl groups excluding tert-OH is 2. The molecule has 0 saturated carbocycles. The van der Waals surface area contributed by atoms with Gasteiger partial charge in [-0.2, -0.15) is 0 Å². The third-order valence-electron chi connectivity index (χ3n) is 8.60. The molecule has 0 aromatic heterocycles. The lowest BCUT2D eigenvalue weighted by Gasteiger charge is -2.12. The van der Waals surface area contributed by atoms with Gasteiger partial charge in [-0.15, -0.1) is 0 Å². The van der Waals surface area contributed by atoms with Crippen molar-refractivity contribution in [3.05, 3.63) is 48.6 Å². The molecule has 0 rings (SSSR count). The highest BCUT2D eigenvalue weighted by Gasteiger charge is 2.12. The first-order valence-corrected chi connectivity index (χ1v) is 20.2. The van der Waals surface area contributed by atoms with E-state index >= 15 is 0 Å². The molecule has 0 fully saturated rings. The molecule has 0 radical (unpaired) electrons. The third kappa shape index (κ3) is 38.5. The molecule has 0 aromatic carbocycles. The second-order valence-electron chi connectivity index (χ2n) is 14.1. The van der Waals surface area contributed by atoms with Crippen LogP contribution in [0.15, 0.2) is 48.6 Å². The second kappa shape index (κ2) is 37.1. The molecule has 49 heavy (non-hydrogen) atoms. The number of aliphatic hydroxyl groups is 2. The van der Waals surface area contributed by atoms with E-state index in [9.17, 15) is 19.8 Å². The first kappa shape index (κ1) is 46.8. The fourth-order valence-corrected chi connectivity index (χ4v) is 5.49. The first-order chi connectivity index (χ1) is 23.8. The van der Waals surface area contributed by atoms with Crippen molar-refractivity contribution < 1.29 is 29.3 Å². The Labute approximate surface area is 301 Å². The average molecular weight is 689 g/mol. The van der Waals surface area contributed by atoms with Gasteiger partial charge >= 0.3 is 11.9 Å². The zero-order valence-corrected chi connectivity index (χ0v) is 32.0. The Morgan fingerprint density at radius 1 is 0.551 bits per heavy atom. The number of carbonyl (C=O) groups excluding carboxylic acids is 2. The summed E-state index contributed by atoms with van der Waals surface area (Å²) >= 11 is 0. The van der Waals surface area contributed by atoms with Gasteiger partial charge in [0.1, 0.15) is 19.3 Å². The largest absolute Gasteiger partial charge is 0.463 e. The van der Waals surface area contributed by atoms with Crippen LogP contribution in [0.2, 0.25) is 0 Å². The van der Waals surface area contributed by atoms with Crippen molar-refractivity contribution in [2.75, 3.05) is 13.2 Å². The molecule has 0 saturated heterocycles. The minimum Gasteiger partial charge on any atom is -0.463 e. The molecule has 0 aliphatic carbocycles. The van der Waals surface area contributed by atoms with Gasteiger partial charge in [-0.1, -0.05) is 172 Å². The maximum atomic E-state index is 12.0. The van der Waals surface area contributed by atoms with Crippen LogP contribution in [0, 0.1) is 5.92 Å². The lowest BCUT2D eigenvalue weighted by molar-refractivity contribution is -0.152. The van der Waals surface area contributed by atoms with E-state index in [-0.39, 0.29) is 25.6 Å². The number of hydrogen-bond acceptors (Lipinski definition) is 6. The van der Waals surface area contributed by atoms with E-state index in [0.717, 1.165) is 44.4 Å². The molecular formula is C43H76O6. The summed E-state index contributed by atoms with van der Waals surface area (Å²) < 4.78 is 10.2. The predicted octanol–water partition coefficient (Wildman–Crippen LogP) is 11.4. The normalized spacial score (nSPS) is 13.4. The monoisotopic (exact) mass is 689 g/mol. The highest BCUT2D eigenvalue weighted by Crippen LogP contribution is 2.15. The minimum absolute atomic E-state index is 0.157. The molecule has 0 aliphatic heterocycles. The predicted molar refractivity (Wildman–Crippen MR) is 206 cm³/mol. The van der Waals surface area contributed by atoms with Gasteiger partial charge in [0.15, 0.2) is 0 Å². The molecule has 284 valence electrons. The Bertz CT molecular complexity index is 858. The van der Waals surface area contributed by atoms with Crippen LogP contribution in [0.4, 0.5) is 0 Å². The molecule has 6 nitrogen and oxygen atoms in total. The third-order valence-corrected chi connectivity index (χ3v) is 8.60. The summed E-state index contributed by atoms with van der Waals surface area (Å²) in [6, 6.07) is 0. The van der Waals surface area contributed by atoms with Crippen LogP contribution in [-0.4, -0.2) is 47.6 Å². The van der Waals surface area contributed by atoms with Gasteiger partial charge in [0.05, 0.1) is 6.10 Å². The number of unbranched alkanes of at least 4 members (excludes halogenated alkanes) is 16. The Hall–Kier alpha value is -2.18. The van der Waals surface area contributed by atoms with Crippen LogP contribution in [0.25, 0.3) is 0 Å². The smallest absolute Gasteiger partial charge is 0.305 e. The highest BCUT2D eigenvalue weighted by molar-refractivity contribution is 5.69. The van der Waals surface area contributed by atoms with Gasteiger partial charge in [-0.3, -0.25) is 9.59 Å². The summed E-state index contributed by atoms with van der Waals surface area (Å²) in [6.07, 6.45) is 42.0. The average Bonchev–Trinajstić information content (AvgIpc) is 3.08. The van der Waals surface area contributed by atoms with E-state index < -0.39 is 18.2 Å². The lowest BCUT2D eigenvalue weighted by atomic mass is 10.0. The van der Waals surface area contributed by atoms with Gasteiger partial charge in [-0.05, 0) is 50.9 Å². The lowest BCUT2D eigenvalue weighted by Crippen LogP contribution is -2.25. The van der Waals surface area contributed by atoms with E-state index in [2.05, 4.69) is 45.1 Å². The number of carbonyl (C=O) groups is 2. The van der Waals surface area contributed by atoms with Crippen molar-refractivity contribution >= 4 is 11.9 Å². The molecule has 0 unspecified atom stereocenters. The number of allylic oxidation sites excluding steroid dienone is 7. The van der Waals surface area contributed by atoms with Crippen LogP contribution in [0.1, 0.15) is 181 Å². The number of rotatable bonds is 35. The Morgan fingerprint density at radius 2 is 1.04 bits per heavy atom. The Kier molecular flexibility index (Phi) is 35.4. The number of ether oxygens (including phenoxy) is 2. The number of hydrogen-bond donors (Lipinski definition) is 2. The Morgan fingerprint density at radius 3 is 1.59 bits per heavy atom. The van der Waals surface area contributed by atoms with Crippen LogP contribution in [-0.2, 0) is 19.1 Å². The van der Waals surface area contributed by atoms with Gasteiger partial charge in [0, 0.05) is 12.8 Å². The van der Waals surface area contributed by atoms with Crippen molar-refractivity contribution in [3.8, 4) is 0 Å². The summed E-state index contributed by atoms with van der Waals surface area (Å²) in [7, 11) is 0. The van der Waals surface area contributed by atoms with Crippen molar-refractivity contribution in [2.45, 2.75) is 193 Å². The molecule has 0 spiro atoms. The summed E-state index contributed by atoms with van der Waals surface area (Å²) in [5, 5.41) is 20.1. The summed E-state index contributed by atoms with van der Waals surface area (Å²) in [6.45, 7) is 6.46. The Balaban J connectivity index is 3.61. The standard InChI is InChI=1S/C43H76O6/c1-4-5-6-7-8-9-10-13-17-20-23-26-29-33-40(44)34-31-36-43(47)49-38-41(45)37-48-42(46)35-30-27-24-21-18-15-12-11-14-16-19-22-25-28-32-39(2)3/h8-9,13,17,23,26,29,33,39-41,44-45H,4-7,10-12,14-16,18-22,24-25,27-28,30-32,34-38H2,1-3H3/b9-8-,17-13-,26-23-,33-29+/t40-,41-/m1/s1. The van der Waals surface area contributed by atoms with E-state index in [1.807, 2.05) is 18.2 Å². The summed E-state index contributed by atoms with van der Waals surface area (Å²) in [5.74, 6) is 0.0850. The van der Waals surface area contributed by atoms with E-state index in [0.29, 0.717) is 19.3 Å². The first-order valence-electron chi connectivity index (χ1n) is 20.2. The van der Waals surface area contributed by atoms with E-state index in [1.165, 1.54) is 96.3 Å². The molecule has 2 N–H and O–H groups in total. The van der Waals surface area contributed by atoms with Crippen LogP contribution in [0.3, 0.4) is 0 Å². The molecule has 0 bridgehead atoms. The topological polar surface area (TPSA) is 93.1 Å². The van der Waals surface area contributed by atoms with E-state index in [1.54, 1.807) is 6.08 Å². The molecule has 2 atom stereocenters. The van der Waals surface area contributed by atoms with Gasteiger partial charge in [0.25, 0.3) is 0 Å². The molecule has 0 amide bonds. The summed E-state index contributed by atoms with van der Waals surface area (Å²) in [4.78, 5) is 24.0.